The number of ether oxygens (including phenoxy) is 1. The van der Waals surface area contributed by atoms with Gasteiger partial charge in [0.25, 0.3) is 0 Å². The van der Waals surface area contributed by atoms with E-state index in [0.29, 0.717) is 25.5 Å². The molecule has 0 spiro atoms. The van der Waals surface area contributed by atoms with Crippen LogP contribution in [-0.2, 0) is 16.6 Å². The summed E-state index contributed by atoms with van der Waals surface area (Å²) in [6, 6.07) is 11.0. The second-order valence-corrected chi connectivity index (χ2v) is 7.63. The van der Waals surface area contributed by atoms with Crippen molar-refractivity contribution in [3.63, 3.8) is 0 Å². The van der Waals surface area contributed by atoms with Crippen LogP contribution in [0.5, 0.6) is 5.75 Å². The van der Waals surface area contributed by atoms with Crippen LogP contribution in [0, 0.1) is 0 Å². The molecule has 0 radical (unpaired) electrons. The molecule has 24 heavy (non-hydrogen) atoms. The molecule has 3 rings (SSSR count). The second kappa shape index (κ2) is 7.19. The lowest BCUT2D eigenvalue weighted by Crippen LogP contribution is -2.27. The molecule has 0 atom stereocenters. The van der Waals surface area contributed by atoms with Crippen molar-refractivity contribution >= 4 is 15.8 Å². The number of hydrogen-bond acceptors (Lipinski definition) is 5. The van der Waals surface area contributed by atoms with Crippen molar-refractivity contribution < 1.29 is 13.2 Å². The molecule has 1 aliphatic rings. The minimum Gasteiger partial charge on any atom is -0.497 e. The average molecular weight is 347 g/mol. The van der Waals surface area contributed by atoms with E-state index in [0.717, 1.165) is 24.2 Å². The minimum absolute atomic E-state index is 0.249. The summed E-state index contributed by atoms with van der Waals surface area (Å²) in [6.45, 7) is 1.80. The quantitative estimate of drug-likeness (QED) is 0.869. The zero-order chi connectivity index (χ0) is 17.0. The average Bonchev–Trinajstić information content (AvgIpc) is 3.16. The van der Waals surface area contributed by atoms with Crippen molar-refractivity contribution in [2.45, 2.75) is 24.3 Å². The fraction of sp³-hybridized carbons (Fsp3) is 0.353. The molecule has 0 aliphatic carbocycles. The maximum atomic E-state index is 12.4. The molecule has 1 N–H and O–H groups in total. The number of hydrogen-bond donors (Lipinski definition) is 1. The number of sulfonamides is 1. The van der Waals surface area contributed by atoms with Crippen molar-refractivity contribution in [3.8, 4) is 5.75 Å². The molecule has 1 fully saturated rings. The van der Waals surface area contributed by atoms with Gasteiger partial charge in [0, 0.05) is 25.8 Å². The molecule has 0 saturated carbocycles. The molecule has 0 bridgehead atoms. The number of rotatable bonds is 6. The topological polar surface area (TPSA) is 71.5 Å². The van der Waals surface area contributed by atoms with Crippen LogP contribution in [0.3, 0.4) is 0 Å². The van der Waals surface area contributed by atoms with E-state index in [1.165, 1.54) is 10.5 Å². The van der Waals surface area contributed by atoms with Gasteiger partial charge in [-0.15, -0.1) is 0 Å². The monoisotopic (exact) mass is 347 g/mol. The van der Waals surface area contributed by atoms with Crippen molar-refractivity contribution in [3.05, 3.63) is 48.2 Å². The van der Waals surface area contributed by atoms with Crippen molar-refractivity contribution in [1.29, 1.82) is 0 Å². The van der Waals surface area contributed by atoms with E-state index in [1.54, 1.807) is 19.2 Å². The van der Waals surface area contributed by atoms with E-state index in [2.05, 4.69) is 10.3 Å². The Bertz CT molecular complexity index is 768. The highest BCUT2D eigenvalue weighted by atomic mass is 32.2. The van der Waals surface area contributed by atoms with Crippen LogP contribution >= 0.6 is 0 Å². The summed E-state index contributed by atoms with van der Waals surface area (Å²) < 4.78 is 31.5. The van der Waals surface area contributed by atoms with Gasteiger partial charge in [-0.2, -0.15) is 4.31 Å². The molecule has 1 aromatic heterocycles. The van der Waals surface area contributed by atoms with Crippen molar-refractivity contribution in [2.24, 2.45) is 0 Å². The third-order valence-corrected chi connectivity index (χ3v) is 5.95. The lowest BCUT2D eigenvalue weighted by molar-refractivity contribution is 0.414. The molecule has 2 aromatic rings. The lowest BCUT2D eigenvalue weighted by atomic mass is 10.2. The van der Waals surface area contributed by atoms with Gasteiger partial charge in [-0.3, -0.25) is 0 Å². The maximum Gasteiger partial charge on any atom is 0.244 e. The molecule has 1 aliphatic heterocycles. The first-order chi connectivity index (χ1) is 11.6. The number of aromatic nitrogens is 1. The summed E-state index contributed by atoms with van der Waals surface area (Å²) >= 11 is 0. The standard InChI is InChI=1S/C17H21N3O3S/c1-23-15-6-4-14(5-7-15)12-18-17-9-8-16(13-19-17)24(21,22)20-10-2-3-11-20/h4-9,13H,2-3,10-12H2,1H3,(H,18,19). The Labute approximate surface area is 142 Å². The fourth-order valence-electron chi connectivity index (χ4n) is 2.65. The van der Waals surface area contributed by atoms with Gasteiger partial charge in [0.05, 0.1) is 7.11 Å². The van der Waals surface area contributed by atoms with Gasteiger partial charge >= 0.3 is 0 Å². The first kappa shape index (κ1) is 16.7. The number of methoxy groups -OCH3 is 1. The third-order valence-electron chi connectivity index (χ3n) is 4.07. The van der Waals surface area contributed by atoms with Crippen LogP contribution < -0.4 is 10.1 Å². The predicted molar refractivity (Wildman–Crippen MR) is 92.6 cm³/mol. The molecular formula is C17H21N3O3S. The molecule has 1 saturated heterocycles. The Morgan fingerprint density at radius 1 is 1.12 bits per heavy atom. The van der Waals surface area contributed by atoms with Gasteiger partial charge in [-0.05, 0) is 42.7 Å². The number of nitrogens with zero attached hydrogens (tertiary/aromatic N) is 2. The largest absolute Gasteiger partial charge is 0.497 e. The van der Waals surface area contributed by atoms with Gasteiger partial charge in [0.1, 0.15) is 16.5 Å². The van der Waals surface area contributed by atoms with Crippen LogP contribution in [0.25, 0.3) is 0 Å². The van der Waals surface area contributed by atoms with E-state index in [9.17, 15) is 8.42 Å². The molecule has 0 amide bonds. The highest BCUT2D eigenvalue weighted by molar-refractivity contribution is 7.89. The van der Waals surface area contributed by atoms with Gasteiger partial charge in [-0.25, -0.2) is 13.4 Å². The molecule has 128 valence electrons. The van der Waals surface area contributed by atoms with E-state index < -0.39 is 10.0 Å². The summed E-state index contributed by atoms with van der Waals surface area (Å²) in [7, 11) is -1.77. The van der Waals surface area contributed by atoms with Crippen molar-refractivity contribution in [2.75, 3.05) is 25.5 Å². The molecule has 0 unspecified atom stereocenters. The Morgan fingerprint density at radius 2 is 1.83 bits per heavy atom. The van der Waals surface area contributed by atoms with Crippen LogP contribution in [0.2, 0.25) is 0 Å². The van der Waals surface area contributed by atoms with Crippen LogP contribution in [0.4, 0.5) is 5.82 Å². The zero-order valence-corrected chi connectivity index (χ0v) is 14.4. The molecule has 6 nitrogen and oxygen atoms in total. The summed E-state index contributed by atoms with van der Waals surface area (Å²) in [5.41, 5.74) is 1.09. The smallest absolute Gasteiger partial charge is 0.244 e. The number of benzene rings is 1. The molecule has 2 heterocycles. The van der Waals surface area contributed by atoms with E-state index in [4.69, 9.17) is 4.74 Å². The highest BCUT2D eigenvalue weighted by Gasteiger charge is 2.27. The summed E-state index contributed by atoms with van der Waals surface area (Å²) in [5.74, 6) is 1.46. The van der Waals surface area contributed by atoms with Crippen LogP contribution in [0.1, 0.15) is 18.4 Å². The first-order valence-electron chi connectivity index (χ1n) is 7.92. The minimum atomic E-state index is -3.40. The van der Waals surface area contributed by atoms with Crippen molar-refractivity contribution in [1.82, 2.24) is 9.29 Å². The summed E-state index contributed by atoms with van der Waals surface area (Å²) in [5, 5.41) is 3.19. The number of nitrogens with one attached hydrogen (secondary N) is 1. The molecule has 1 aromatic carbocycles. The third kappa shape index (κ3) is 3.68. The number of pyridine rings is 1. The van der Waals surface area contributed by atoms with E-state index in [1.807, 2.05) is 24.3 Å². The normalized spacial score (nSPS) is 15.4. The van der Waals surface area contributed by atoms with Gasteiger partial charge in [0.15, 0.2) is 0 Å². The molecule has 7 heteroatoms. The first-order valence-corrected chi connectivity index (χ1v) is 9.36. The van der Waals surface area contributed by atoms with Gasteiger partial charge < -0.3 is 10.1 Å². The SMILES string of the molecule is COc1ccc(CNc2ccc(S(=O)(=O)N3CCCC3)cn2)cc1. The molecular weight excluding hydrogens is 326 g/mol. The second-order valence-electron chi connectivity index (χ2n) is 5.69. The van der Waals surface area contributed by atoms with E-state index in [-0.39, 0.29) is 4.90 Å². The zero-order valence-electron chi connectivity index (χ0n) is 13.6. The van der Waals surface area contributed by atoms with E-state index >= 15 is 0 Å². The van der Waals surface area contributed by atoms with Crippen LogP contribution in [-0.4, -0.2) is 37.9 Å². The summed E-state index contributed by atoms with van der Waals surface area (Å²) in [6.07, 6.45) is 3.27. The predicted octanol–water partition coefficient (Wildman–Crippen LogP) is 2.49. The summed E-state index contributed by atoms with van der Waals surface area (Å²) in [4.78, 5) is 4.47. The lowest BCUT2D eigenvalue weighted by Gasteiger charge is -2.15. The van der Waals surface area contributed by atoms with Crippen LogP contribution in [0.15, 0.2) is 47.5 Å². The highest BCUT2D eigenvalue weighted by Crippen LogP contribution is 2.21. The van der Waals surface area contributed by atoms with Gasteiger partial charge in [0.2, 0.25) is 10.0 Å². The Balaban J connectivity index is 1.63. The number of anilines is 1. The Kier molecular flexibility index (Phi) is 5.01. The Morgan fingerprint density at radius 3 is 2.42 bits per heavy atom. The Hall–Kier alpha value is -2.12. The fourth-order valence-corrected chi connectivity index (χ4v) is 4.11. The maximum absolute atomic E-state index is 12.4. The van der Waals surface area contributed by atoms with Gasteiger partial charge in [-0.1, -0.05) is 12.1 Å².